The highest BCUT2D eigenvalue weighted by atomic mass is 16.4. The van der Waals surface area contributed by atoms with Gasteiger partial charge in [0.05, 0.1) is 16.9 Å². The number of carbonyl (C=O) groups is 1. The van der Waals surface area contributed by atoms with Crippen LogP contribution in [0.3, 0.4) is 0 Å². The third-order valence-electron chi connectivity index (χ3n) is 3.88. The normalized spacial score (nSPS) is 17.9. The predicted molar refractivity (Wildman–Crippen MR) is 92.6 cm³/mol. The number of benzene rings is 1. The first-order chi connectivity index (χ1) is 11.4. The molecule has 8 nitrogen and oxygen atoms in total. The summed E-state index contributed by atoms with van der Waals surface area (Å²) in [5.74, 6) is -0.957. The molecule has 1 heterocycles. The van der Waals surface area contributed by atoms with Crippen molar-refractivity contribution < 1.29 is 9.90 Å². The standard InChI is InChI=1S/C16H20N6O2/c1-10-3-2-6-22(9-10)14-5-4-11(7-12(14)16(23)24)20-21-13(8-17)15(18)19/h4-5,7,10,20H,2-3,6,9H2,1H3,(H3,18,19)(H,23,24)/b21-13+. The summed E-state index contributed by atoms with van der Waals surface area (Å²) in [5.41, 5.74) is 8.78. The Morgan fingerprint density at radius 2 is 2.33 bits per heavy atom. The van der Waals surface area contributed by atoms with E-state index >= 15 is 0 Å². The van der Waals surface area contributed by atoms with Crippen molar-refractivity contribution in [2.75, 3.05) is 23.4 Å². The van der Waals surface area contributed by atoms with Crippen molar-refractivity contribution in [1.82, 2.24) is 0 Å². The first kappa shape index (κ1) is 17.3. The van der Waals surface area contributed by atoms with Crippen LogP contribution in [0.25, 0.3) is 0 Å². The number of hydrazone groups is 1. The maximum atomic E-state index is 11.6. The van der Waals surface area contributed by atoms with Crippen LogP contribution < -0.4 is 16.1 Å². The fourth-order valence-electron chi connectivity index (χ4n) is 2.73. The van der Waals surface area contributed by atoms with Crippen LogP contribution in [0, 0.1) is 22.7 Å². The second-order valence-electron chi connectivity index (χ2n) is 5.83. The van der Waals surface area contributed by atoms with E-state index < -0.39 is 11.8 Å². The quantitative estimate of drug-likeness (QED) is 0.369. The molecular formula is C16H20N6O2. The van der Waals surface area contributed by atoms with Gasteiger partial charge in [0.1, 0.15) is 6.07 Å². The number of nitriles is 1. The lowest BCUT2D eigenvalue weighted by molar-refractivity contribution is 0.0697. The summed E-state index contributed by atoms with van der Waals surface area (Å²) in [6, 6.07) is 6.59. The van der Waals surface area contributed by atoms with Crippen LogP contribution in [0.1, 0.15) is 30.1 Å². The second kappa shape index (κ2) is 7.46. The van der Waals surface area contributed by atoms with Gasteiger partial charge in [-0.3, -0.25) is 10.8 Å². The van der Waals surface area contributed by atoms with E-state index in [1.54, 1.807) is 18.2 Å². The zero-order valence-corrected chi connectivity index (χ0v) is 13.4. The Balaban J connectivity index is 2.28. The van der Waals surface area contributed by atoms with E-state index in [9.17, 15) is 9.90 Å². The molecule has 1 aromatic rings. The zero-order valence-electron chi connectivity index (χ0n) is 13.4. The summed E-state index contributed by atoms with van der Waals surface area (Å²) in [4.78, 5) is 13.7. The van der Waals surface area contributed by atoms with Gasteiger partial charge in [0.25, 0.3) is 0 Å². The van der Waals surface area contributed by atoms with Crippen molar-refractivity contribution in [2.24, 2.45) is 16.8 Å². The number of hydrogen-bond acceptors (Lipinski definition) is 6. The van der Waals surface area contributed by atoms with Crippen molar-refractivity contribution in [3.05, 3.63) is 23.8 Å². The topological polar surface area (TPSA) is 139 Å². The maximum Gasteiger partial charge on any atom is 0.337 e. The van der Waals surface area contributed by atoms with Crippen LogP contribution in [-0.4, -0.2) is 35.7 Å². The van der Waals surface area contributed by atoms with Crippen molar-refractivity contribution in [3.63, 3.8) is 0 Å². The number of carboxylic acid groups (broad SMARTS) is 1. The first-order valence-corrected chi connectivity index (χ1v) is 7.63. The highest BCUT2D eigenvalue weighted by molar-refractivity contribution is 6.45. The monoisotopic (exact) mass is 328 g/mol. The van der Waals surface area contributed by atoms with Gasteiger partial charge in [-0.15, -0.1) is 0 Å². The molecule has 1 atom stereocenters. The molecule has 0 spiro atoms. The minimum atomic E-state index is -1.03. The number of hydrogen-bond donors (Lipinski definition) is 4. The Bertz CT molecular complexity index is 722. The van der Waals surface area contributed by atoms with Crippen LogP contribution >= 0.6 is 0 Å². The molecule has 126 valence electrons. The fraction of sp³-hybridized carbons (Fsp3) is 0.375. The number of nitrogens with zero attached hydrogens (tertiary/aromatic N) is 3. The Morgan fingerprint density at radius 1 is 1.58 bits per heavy atom. The molecule has 0 amide bonds. The molecule has 1 aliphatic rings. The molecule has 1 saturated heterocycles. The minimum absolute atomic E-state index is 0.172. The number of nitrogens with one attached hydrogen (secondary N) is 2. The summed E-state index contributed by atoms with van der Waals surface area (Å²) in [6.45, 7) is 3.81. The molecule has 1 aliphatic heterocycles. The SMILES string of the molecule is CC1CCCN(c2ccc(N/N=C(\C#N)C(=N)N)cc2C(=O)O)C1. The third-order valence-corrected chi connectivity index (χ3v) is 3.88. The van der Waals surface area contributed by atoms with Gasteiger partial charge in [0.15, 0.2) is 5.84 Å². The van der Waals surface area contributed by atoms with Crippen molar-refractivity contribution in [1.29, 1.82) is 10.7 Å². The zero-order chi connectivity index (χ0) is 17.7. The highest BCUT2D eigenvalue weighted by Crippen LogP contribution is 2.28. The summed E-state index contributed by atoms with van der Waals surface area (Å²) in [7, 11) is 0. The van der Waals surface area contributed by atoms with E-state index in [4.69, 9.17) is 16.4 Å². The van der Waals surface area contributed by atoms with Gasteiger partial charge in [0, 0.05) is 13.1 Å². The minimum Gasteiger partial charge on any atom is -0.478 e. The number of nitrogens with two attached hydrogens (primary N) is 1. The van der Waals surface area contributed by atoms with Crippen LogP contribution in [-0.2, 0) is 0 Å². The van der Waals surface area contributed by atoms with Crippen LogP contribution in [0.2, 0.25) is 0 Å². The molecule has 1 fully saturated rings. The number of rotatable bonds is 5. The average Bonchev–Trinajstić information content (AvgIpc) is 2.55. The van der Waals surface area contributed by atoms with E-state index in [0.717, 1.165) is 25.9 Å². The largest absolute Gasteiger partial charge is 0.478 e. The smallest absolute Gasteiger partial charge is 0.337 e. The van der Waals surface area contributed by atoms with Crippen LogP contribution in [0.4, 0.5) is 11.4 Å². The highest BCUT2D eigenvalue weighted by Gasteiger charge is 2.21. The molecule has 0 aliphatic carbocycles. The number of carboxylic acids is 1. The molecule has 0 bridgehead atoms. The van der Waals surface area contributed by atoms with Gasteiger partial charge >= 0.3 is 5.97 Å². The Morgan fingerprint density at radius 3 is 2.92 bits per heavy atom. The molecule has 24 heavy (non-hydrogen) atoms. The van der Waals surface area contributed by atoms with Gasteiger partial charge in [-0.2, -0.15) is 10.4 Å². The molecule has 1 aromatic carbocycles. The lowest BCUT2D eigenvalue weighted by atomic mass is 9.98. The number of amidine groups is 1. The molecule has 8 heteroatoms. The lowest BCUT2D eigenvalue weighted by Crippen LogP contribution is -2.35. The number of piperidine rings is 1. The lowest BCUT2D eigenvalue weighted by Gasteiger charge is -2.33. The van der Waals surface area contributed by atoms with Gasteiger partial charge in [0.2, 0.25) is 5.71 Å². The molecule has 5 N–H and O–H groups in total. The predicted octanol–water partition coefficient (Wildman–Crippen LogP) is 1.85. The molecule has 0 radical (unpaired) electrons. The Hall–Kier alpha value is -3.08. The van der Waals surface area contributed by atoms with Gasteiger partial charge in [-0.05, 0) is 37.0 Å². The summed E-state index contributed by atoms with van der Waals surface area (Å²) in [6.07, 6.45) is 2.18. The summed E-state index contributed by atoms with van der Waals surface area (Å²) >= 11 is 0. The van der Waals surface area contributed by atoms with E-state index in [0.29, 0.717) is 17.3 Å². The molecule has 1 unspecified atom stereocenters. The van der Waals surface area contributed by atoms with Crippen molar-refractivity contribution >= 4 is 28.9 Å². The van der Waals surface area contributed by atoms with E-state index in [-0.39, 0.29) is 11.3 Å². The first-order valence-electron chi connectivity index (χ1n) is 7.63. The van der Waals surface area contributed by atoms with Gasteiger partial charge in [-0.1, -0.05) is 6.92 Å². The van der Waals surface area contributed by atoms with Crippen LogP contribution in [0.5, 0.6) is 0 Å². The second-order valence-corrected chi connectivity index (χ2v) is 5.83. The van der Waals surface area contributed by atoms with E-state index in [1.807, 2.05) is 0 Å². The third kappa shape index (κ3) is 4.01. The average molecular weight is 328 g/mol. The fourth-order valence-corrected chi connectivity index (χ4v) is 2.73. The molecule has 2 rings (SSSR count). The Labute approximate surface area is 140 Å². The van der Waals surface area contributed by atoms with Gasteiger partial charge in [-0.25, -0.2) is 4.79 Å². The molecular weight excluding hydrogens is 308 g/mol. The van der Waals surface area contributed by atoms with Crippen molar-refractivity contribution in [2.45, 2.75) is 19.8 Å². The van der Waals surface area contributed by atoms with E-state index in [1.165, 1.54) is 6.07 Å². The summed E-state index contributed by atoms with van der Waals surface area (Å²) < 4.78 is 0. The Kier molecular flexibility index (Phi) is 5.37. The number of anilines is 2. The number of aromatic carboxylic acids is 1. The van der Waals surface area contributed by atoms with Gasteiger partial charge < -0.3 is 15.7 Å². The van der Waals surface area contributed by atoms with Crippen LogP contribution in [0.15, 0.2) is 23.3 Å². The maximum absolute atomic E-state index is 11.6. The molecule has 0 aromatic heterocycles. The molecule has 0 saturated carbocycles. The van der Waals surface area contributed by atoms with Crippen molar-refractivity contribution in [3.8, 4) is 6.07 Å². The van der Waals surface area contributed by atoms with E-state index in [2.05, 4.69) is 22.4 Å². The summed E-state index contributed by atoms with van der Waals surface area (Å²) in [5, 5.41) is 29.2.